The van der Waals surface area contributed by atoms with Gasteiger partial charge in [-0.3, -0.25) is 4.79 Å². The Morgan fingerprint density at radius 2 is 2.25 bits per heavy atom. The zero-order valence-electron chi connectivity index (χ0n) is 8.40. The molecule has 0 aliphatic carbocycles. The van der Waals surface area contributed by atoms with Gasteiger partial charge in [0.25, 0.3) is 5.91 Å². The van der Waals surface area contributed by atoms with E-state index < -0.39 is 0 Å². The summed E-state index contributed by atoms with van der Waals surface area (Å²) in [5.41, 5.74) is 1.06. The molecule has 4 nitrogen and oxygen atoms in total. The molecular formula is C11H10BrNO3. The molecule has 16 heavy (non-hydrogen) atoms. The first-order valence-corrected chi connectivity index (χ1v) is 5.59. The van der Waals surface area contributed by atoms with Crippen molar-refractivity contribution in [3.63, 3.8) is 0 Å². The van der Waals surface area contributed by atoms with E-state index in [-0.39, 0.29) is 5.91 Å². The zero-order valence-corrected chi connectivity index (χ0v) is 9.99. The Hall–Kier alpha value is -1.49. The van der Waals surface area contributed by atoms with E-state index in [0.29, 0.717) is 17.0 Å². The molecule has 1 amide bonds. The molecule has 0 radical (unpaired) electrons. The summed E-state index contributed by atoms with van der Waals surface area (Å²) >= 11 is 3.14. The number of nitrogens with one attached hydrogen (secondary N) is 1. The van der Waals surface area contributed by atoms with E-state index in [1.807, 2.05) is 6.07 Å². The van der Waals surface area contributed by atoms with E-state index in [9.17, 15) is 4.79 Å². The van der Waals surface area contributed by atoms with Gasteiger partial charge in [-0.25, -0.2) is 0 Å². The molecule has 0 aromatic carbocycles. The van der Waals surface area contributed by atoms with Crippen molar-refractivity contribution in [3.05, 3.63) is 46.7 Å². The molecule has 2 heterocycles. The van der Waals surface area contributed by atoms with Gasteiger partial charge in [0.15, 0.2) is 10.4 Å². The van der Waals surface area contributed by atoms with Gasteiger partial charge in [0.2, 0.25) is 0 Å². The summed E-state index contributed by atoms with van der Waals surface area (Å²) in [6.45, 7) is 0.552. The highest BCUT2D eigenvalue weighted by Gasteiger charge is 2.09. The summed E-state index contributed by atoms with van der Waals surface area (Å²) in [5.74, 6) is 0.0910. The van der Waals surface area contributed by atoms with Gasteiger partial charge < -0.3 is 14.2 Å². The van der Waals surface area contributed by atoms with Crippen LogP contribution >= 0.6 is 15.9 Å². The first-order valence-electron chi connectivity index (χ1n) is 4.80. The molecule has 0 spiro atoms. The van der Waals surface area contributed by atoms with Gasteiger partial charge in [0.1, 0.15) is 0 Å². The van der Waals surface area contributed by atoms with Crippen molar-refractivity contribution < 1.29 is 13.6 Å². The van der Waals surface area contributed by atoms with Crippen LogP contribution in [0.25, 0.3) is 0 Å². The van der Waals surface area contributed by atoms with Gasteiger partial charge in [-0.1, -0.05) is 0 Å². The summed E-state index contributed by atoms with van der Waals surface area (Å²) < 4.78 is 10.6. The minimum Gasteiger partial charge on any atom is -0.472 e. The van der Waals surface area contributed by atoms with Gasteiger partial charge in [-0.05, 0) is 46.1 Å². The third kappa shape index (κ3) is 2.76. The van der Waals surface area contributed by atoms with Gasteiger partial charge in [0.05, 0.1) is 12.5 Å². The number of halogens is 1. The molecule has 0 bridgehead atoms. The number of carbonyl (C=O) groups is 1. The van der Waals surface area contributed by atoms with E-state index in [1.165, 1.54) is 0 Å². The lowest BCUT2D eigenvalue weighted by molar-refractivity contribution is 0.0925. The Morgan fingerprint density at radius 1 is 1.38 bits per heavy atom. The molecular weight excluding hydrogens is 274 g/mol. The molecule has 0 saturated heterocycles. The minimum atomic E-state index is -0.214. The van der Waals surface area contributed by atoms with Gasteiger partial charge in [-0.15, -0.1) is 0 Å². The van der Waals surface area contributed by atoms with Crippen LogP contribution in [0.2, 0.25) is 0 Å². The first-order chi connectivity index (χ1) is 7.75. The van der Waals surface area contributed by atoms with Crippen LogP contribution in [-0.2, 0) is 6.42 Å². The van der Waals surface area contributed by atoms with Crippen LogP contribution in [0.1, 0.15) is 16.1 Å². The topological polar surface area (TPSA) is 55.4 Å². The van der Waals surface area contributed by atoms with Crippen molar-refractivity contribution in [3.8, 4) is 0 Å². The molecule has 1 N–H and O–H groups in total. The fraction of sp³-hybridized carbons (Fsp3) is 0.182. The molecule has 84 valence electrons. The fourth-order valence-electron chi connectivity index (χ4n) is 1.28. The Kier molecular flexibility index (Phi) is 3.46. The van der Waals surface area contributed by atoms with Crippen LogP contribution < -0.4 is 5.32 Å². The predicted octanol–water partition coefficient (Wildman–Crippen LogP) is 2.61. The number of hydrogen-bond donors (Lipinski definition) is 1. The molecule has 0 fully saturated rings. The summed E-state index contributed by atoms with van der Waals surface area (Å²) in [4.78, 5) is 11.5. The Labute approximate surface area is 101 Å². The fourth-order valence-corrected chi connectivity index (χ4v) is 1.59. The van der Waals surface area contributed by atoms with Crippen molar-refractivity contribution in [1.82, 2.24) is 5.32 Å². The second kappa shape index (κ2) is 5.03. The molecule has 0 aliphatic rings. The number of amides is 1. The highest BCUT2D eigenvalue weighted by Crippen LogP contribution is 2.13. The van der Waals surface area contributed by atoms with E-state index in [2.05, 4.69) is 21.2 Å². The number of furan rings is 2. The van der Waals surface area contributed by atoms with E-state index >= 15 is 0 Å². The van der Waals surface area contributed by atoms with Crippen LogP contribution in [0, 0.1) is 0 Å². The Balaban J connectivity index is 1.80. The van der Waals surface area contributed by atoms with Gasteiger partial charge in [0, 0.05) is 6.54 Å². The van der Waals surface area contributed by atoms with Crippen molar-refractivity contribution in [1.29, 1.82) is 0 Å². The molecule has 0 unspecified atom stereocenters. The summed E-state index contributed by atoms with van der Waals surface area (Å²) in [6, 6.07) is 5.18. The maximum Gasteiger partial charge on any atom is 0.287 e. The van der Waals surface area contributed by atoms with Crippen LogP contribution in [0.5, 0.6) is 0 Å². The maximum atomic E-state index is 11.5. The van der Waals surface area contributed by atoms with Crippen molar-refractivity contribution in [2.45, 2.75) is 6.42 Å². The van der Waals surface area contributed by atoms with Crippen molar-refractivity contribution >= 4 is 21.8 Å². The van der Waals surface area contributed by atoms with Gasteiger partial charge in [-0.2, -0.15) is 0 Å². The van der Waals surface area contributed by atoms with E-state index in [1.54, 1.807) is 24.7 Å². The second-order valence-electron chi connectivity index (χ2n) is 3.24. The SMILES string of the molecule is O=C(NCCc1ccoc1)c1ccc(Br)o1. The number of carbonyl (C=O) groups excluding carboxylic acids is 1. The highest BCUT2D eigenvalue weighted by atomic mass is 79.9. The number of rotatable bonds is 4. The third-order valence-electron chi connectivity index (χ3n) is 2.08. The normalized spacial score (nSPS) is 10.3. The van der Waals surface area contributed by atoms with Gasteiger partial charge >= 0.3 is 0 Å². The molecule has 2 aromatic rings. The lowest BCUT2D eigenvalue weighted by atomic mass is 10.2. The minimum absolute atomic E-state index is 0.214. The van der Waals surface area contributed by atoms with Crippen LogP contribution in [0.4, 0.5) is 0 Å². The smallest absolute Gasteiger partial charge is 0.287 e. The largest absolute Gasteiger partial charge is 0.472 e. The zero-order chi connectivity index (χ0) is 11.4. The predicted molar refractivity (Wildman–Crippen MR) is 61.2 cm³/mol. The maximum absolute atomic E-state index is 11.5. The third-order valence-corrected chi connectivity index (χ3v) is 2.50. The monoisotopic (exact) mass is 283 g/mol. The average Bonchev–Trinajstić information content (AvgIpc) is 2.89. The lowest BCUT2D eigenvalue weighted by Crippen LogP contribution is -2.25. The highest BCUT2D eigenvalue weighted by molar-refractivity contribution is 9.10. The quantitative estimate of drug-likeness (QED) is 0.938. The van der Waals surface area contributed by atoms with Crippen LogP contribution in [0.15, 0.2) is 44.2 Å². The molecule has 0 aliphatic heterocycles. The van der Waals surface area contributed by atoms with Crippen molar-refractivity contribution in [2.75, 3.05) is 6.54 Å². The van der Waals surface area contributed by atoms with Crippen LogP contribution in [-0.4, -0.2) is 12.5 Å². The molecule has 5 heteroatoms. The number of hydrogen-bond acceptors (Lipinski definition) is 3. The standard InChI is InChI=1S/C11H10BrNO3/c12-10-2-1-9(16-10)11(14)13-5-3-8-4-6-15-7-8/h1-2,4,6-7H,3,5H2,(H,13,14). The molecule has 0 atom stereocenters. The molecule has 2 rings (SSSR count). The summed E-state index contributed by atoms with van der Waals surface area (Å²) in [5, 5.41) is 2.76. The second-order valence-corrected chi connectivity index (χ2v) is 4.02. The molecule has 0 saturated carbocycles. The van der Waals surface area contributed by atoms with E-state index in [0.717, 1.165) is 12.0 Å². The van der Waals surface area contributed by atoms with Crippen LogP contribution in [0.3, 0.4) is 0 Å². The first kappa shape index (κ1) is 11.0. The summed E-state index contributed by atoms with van der Waals surface area (Å²) in [7, 11) is 0. The lowest BCUT2D eigenvalue weighted by Gasteiger charge is -2.00. The average molecular weight is 284 g/mol. The Morgan fingerprint density at radius 3 is 2.88 bits per heavy atom. The Bertz CT molecular complexity index is 461. The molecule has 2 aromatic heterocycles. The summed E-state index contributed by atoms with van der Waals surface area (Å²) in [6.07, 6.45) is 4.01. The van der Waals surface area contributed by atoms with Crippen molar-refractivity contribution in [2.24, 2.45) is 0 Å². The van der Waals surface area contributed by atoms with E-state index in [4.69, 9.17) is 8.83 Å².